The molecule has 1 heterocycles. The van der Waals surface area contributed by atoms with E-state index in [4.69, 9.17) is 10.00 Å². The first-order valence-corrected chi connectivity index (χ1v) is 11.0. The number of alkyl carbamates (subject to hydrolysis) is 1. The fourth-order valence-electron chi connectivity index (χ4n) is 3.75. The van der Waals surface area contributed by atoms with E-state index >= 15 is 0 Å². The van der Waals surface area contributed by atoms with Crippen LogP contribution < -0.4 is 15.5 Å². The minimum Gasteiger partial charge on any atom is -0.445 e. The number of rotatable bonds is 7. The summed E-state index contributed by atoms with van der Waals surface area (Å²) in [6.07, 6.45) is 1.03. The fourth-order valence-corrected chi connectivity index (χ4v) is 3.75. The Hall–Kier alpha value is -3.53. The summed E-state index contributed by atoms with van der Waals surface area (Å²) in [4.78, 5) is 27.3. The van der Waals surface area contributed by atoms with Crippen LogP contribution in [-0.4, -0.2) is 37.2 Å². The number of amides is 2. The SMILES string of the molecule is CC(C)[C@H](NC(=O)OCc1ccccc1)C(=O)NC1CCN(c2ccc(C#N)cc2)CC1. The third-order valence-corrected chi connectivity index (χ3v) is 5.64. The molecule has 1 saturated heterocycles. The molecule has 7 heteroatoms. The molecule has 2 aromatic rings. The predicted octanol–water partition coefficient (Wildman–Crippen LogP) is 3.59. The van der Waals surface area contributed by atoms with Crippen molar-refractivity contribution >= 4 is 17.7 Å². The van der Waals surface area contributed by atoms with Gasteiger partial charge in [-0.2, -0.15) is 5.26 Å². The van der Waals surface area contributed by atoms with Crippen molar-refractivity contribution in [3.8, 4) is 6.07 Å². The van der Waals surface area contributed by atoms with E-state index in [1.54, 1.807) is 0 Å². The van der Waals surface area contributed by atoms with E-state index in [2.05, 4.69) is 21.6 Å². The monoisotopic (exact) mass is 434 g/mol. The fraction of sp³-hybridized carbons (Fsp3) is 0.400. The van der Waals surface area contributed by atoms with Crippen LogP contribution in [0.1, 0.15) is 37.8 Å². The number of nitrogens with zero attached hydrogens (tertiary/aromatic N) is 2. The summed E-state index contributed by atoms with van der Waals surface area (Å²) in [5.41, 5.74) is 2.62. The molecule has 0 aromatic heterocycles. The van der Waals surface area contributed by atoms with Crippen LogP contribution in [-0.2, 0) is 16.1 Å². The molecule has 2 N–H and O–H groups in total. The van der Waals surface area contributed by atoms with Gasteiger partial charge in [0.2, 0.25) is 5.91 Å². The Balaban J connectivity index is 1.47. The van der Waals surface area contributed by atoms with E-state index in [1.807, 2.05) is 68.4 Å². The summed E-state index contributed by atoms with van der Waals surface area (Å²) in [7, 11) is 0. The maximum Gasteiger partial charge on any atom is 0.408 e. The van der Waals surface area contributed by atoms with Gasteiger partial charge in [-0.15, -0.1) is 0 Å². The minimum absolute atomic E-state index is 0.0560. The molecule has 7 nitrogen and oxygen atoms in total. The zero-order valence-corrected chi connectivity index (χ0v) is 18.6. The first-order valence-electron chi connectivity index (χ1n) is 11.0. The molecule has 1 aliphatic rings. The number of piperidine rings is 1. The normalized spacial score (nSPS) is 15.0. The van der Waals surface area contributed by atoms with Crippen molar-refractivity contribution in [3.63, 3.8) is 0 Å². The predicted molar refractivity (Wildman–Crippen MR) is 123 cm³/mol. The average molecular weight is 435 g/mol. The van der Waals surface area contributed by atoms with Crippen LogP contribution in [0.4, 0.5) is 10.5 Å². The van der Waals surface area contributed by atoms with Crippen molar-refractivity contribution in [2.45, 2.75) is 45.4 Å². The Bertz CT molecular complexity index is 930. The van der Waals surface area contributed by atoms with Gasteiger partial charge in [-0.25, -0.2) is 4.79 Å². The summed E-state index contributed by atoms with van der Waals surface area (Å²) in [5, 5.41) is 14.7. The Morgan fingerprint density at radius 3 is 2.34 bits per heavy atom. The lowest BCUT2D eigenvalue weighted by Gasteiger charge is -2.35. The second-order valence-electron chi connectivity index (χ2n) is 8.36. The molecule has 0 unspecified atom stereocenters. The van der Waals surface area contributed by atoms with E-state index in [0.29, 0.717) is 5.56 Å². The van der Waals surface area contributed by atoms with Gasteiger partial charge >= 0.3 is 6.09 Å². The Morgan fingerprint density at radius 1 is 1.09 bits per heavy atom. The van der Waals surface area contributed by atoms with Crippen molar-refractivity contribution in [2.75, 3.05) is 18.0 Å². The standard InChI is InChI=1S/C25H30N4O3/c1-18(2)23(28-25(31)32-17-20-6-4-3-5-7-20)24(30)27-21-12-14-29(15-13-21)22-10-8-19(16-26)9-11-22/h3-11,18,21,23H,12-15,17H2,1-2H3,(H,27,30)(H,28,31)/t23-/m0/s1. The summed E-state index contributed by atoms with van der Waals surface area (Å²) in [6.45, 7) is 5.59. The van der Waals surface area contributed by atoms with Crippen LogP contribution in [0.2, 0.25) is 0 Å². The molecule has 1 atom stereocenters. The number of carbonyl (C=O) groups is 2. The summed E-state index contributed by atoms with van der Waals surface area (Å²) < 4.78 is 5.27. The van der Waals surface area contributed by atoms with Gasteiger partial charge in [0.15, 0.2) is 0 Å². The van der Waals surface area contributed by atoms with Gasteiger partial charge in [-0.05, 0) is 48.6 Å². The van der Waals surface area contributed by atoms with Crippen LogP contribution in [0.15, 0.2) is 54.6 Å². The Labute approximate surface area is 189 Å². The number of carbonyl (C=O) groups excluding carboxylic acids is 2. The van der Waals surface area contributed by atoms with Gasteiger partial charge in [0.25, 0.3) is 0 Å². The Morgan fingerprint density at radius 2 is 1.75 bits per heavy atom. The van der Waals surface area contributed by atoms with Crippen molar-refractivity contribution in [3.05, 3.63) is 65.7 Å². The number of benzene rings is 2. The molecule has 0 bridgehead atoms. The molecule has 168 valence electrons. The van der Waals surface area contributed by atoms with E-state index < -0.39 is 12.1 Å². The number of ether oxygens (including phenoxy) is 1. The third-order valence-electron chi connectivity index (χ3n) is 5.64. The molecule has 1 aliphatic heterocycles. The van der Waals surface area contributed by atoms with Crippen LogP contribution in [0.5, 0.6) is 0 Å². The lowest BCUT2D eigenvalue weighted by molar-refractivity contribution is -0.124. The van der Waals surface area contributed by atoms with Gasteiger partial charge < -0.3 is 20.3 Å². The van der Waals surface area contributed by atoms with E-state index in [-0.39, 0.29) is 24.5 Å². The summed E-state index contributed by atoms with van der Waals surface area (Å²) in [5.74, 6) is -0.258. The maximum absolute atomic E-state index is 12.9. The van der Waals surface area contributed by atoms with Gasteiger partial charge in [0.1, 0.15) is 12.6 Å². The number of hydrogen-bond donors (Lipinski definition) is 2. The van der Waals surface area contributed by atoms with E-state index in [1.165, 1.54) is 0 Å². The van der Waals surface area contributed by atoms with Crippen LogP contribution in [0, 0.1) is 17.2 Å². The second kappa shape index (κ2) is 11.2. The molecule has 1 fully saturated rings. The number of hydrogen-bond acceptors (Lipinski definition) is 5. The van der Waals surface area contributed by atoms with E-state index in [9.17, 15) is 9.59 Å². The van der Waals surface area contributed by atoms with Crippen LogP contribution in [0.25, 0.3) is 0 Å². The molecule has 0 aliphatic carbocycles. The van der Waals surface area contributed by atoms with E-state index in [0.717, 1.165) is 37.2 Å². The maximum atomic E-state index is 12.9. The Kier molecular flexibility index (Phi) is 8.09. The zero-order chi connectivity index (χ0) is 22.9. The van der Waals surface area contributed by atoms with Crippen LogP contribution in [0.3, 0.4) is 0 Å². The highest BCUT2D eigenvalue weighted by Gasteiger charge is 2.28. The molecule has 0 spiro atoms. The highest BCUT2D eigenvalue weighted by Crippen LogP contribution is 2.20. The van der Waals surface area contributed by atoms with Crippen molar-refractivity contribution in [1.82, 2.24) is 10.6 Å². The highest BCUT2D eigenvalue weighted by molar-refractivity contribution is 5.86. The quantitative estimate of drug-likeness (QED) is 0.694. The largest absolute Gasteiger partial charge is 0.445 e. The van der Waals surface area contributed by atoms with Crippen LogP contribution >= 0.6 is 0 Å². The lowest BCUT2D eigenvalue weighted by Crippen LogP contribution is -2.54. The topological polar surface area (TPSA) is 94.5 Å². The van der Waals surface area contributed by atoms with Crippen molar-refractivity contribution in [1.29, 1.82) is 5.26 Å². The number of anilines is 1. The van der Waals surface area contributed by atoms with Gasteiger partial charge in [0, 0.05) is 24.8 Å². The minimum atomic E-state index is -0.658. The molecular formula is C25H30N4O3. The van der Waals surface area contributed by atoms with Gasteiger partial charge in [-0.1, -0.05) is 44.2 Å². The molecule has 0 saturated carbocycles. The highest BCUT2D eigenvalue weighted by atomic mass is 16.5. The molecular weight excluding hydrogens is 404 g/mol. The van der Waals surface area contributed by atoms with Crippen molar-refractivity contribution < 1.29 is 14.3 Å². The van der Waals surface area contributed by atoms with Crippen molar-refractivity contribution in [2.24, 2.45) is 5.92 Å². The average Bonchev–Trinajstić information content (AvgIpc) is 2.82. The summed E-state index contributed by atoms with van der Waals surface area (Å²) in [6, 6.07) is 18.5. The van der Waals surface area contributed by atoms with Gasteiger partial charge in [-0.3, -0.25) is 4.79 Å². The second-order valence-corrected chi connectivity index (χ2v) is 8.36. The molecule has 2 amide bonds. The molecule has 0 radical (unpaired) electrons. The smallest absolute Gasteiger partial charge is 0.408 e. The zero-order valence-electron chi connectivity index (χ0n) is 18.6. The molecule has 3 rings (SSSR count). The lowest BCUT2D eigenvalue weighted by atomic mass is 10.0. The first kappa shape index (κ1) is 23.1. The number of nitriles is 1. The first-order chi connectivity index (χ1) is 15.5. The van der Waals surface area contributed by atoms with Gasteiger partial charge in [0.05, 0.1) is 11.6 Å². The molecule has 2 aromatic carbocycles. The number of nitrogens with one attached hydrogen (secondary N) is 2. The summed E-state index contributed by atoms with van der Waals surface area (Å²) >= 11 is 0. The molecule has 32 heavy (non-hydrogen) atoms. The third kappa shape index (κ3) is 6.48.